The summed E-state index contributed by atoms with van der Waals surface area (Å²) in [6.07, 6.45) is 0.758. The molecule has 1 amide bonds. The Balaban J connectivity index is 1.41. The van der Waals surface area contributed by atoms with E-state index in [0.29, 0.717) is 30.5 Å². The first-order chi connectivity index (χ1) is 12.5. The third-order valence-corrected chi connectivity index (χ3v) is 6.98. The van der Waals surface area contributed by atoms with E-state index >= 15 is 0 Å². The van der Waals surface area contributed by atoms with Gasteiger partial charge in [0.2, 0.25) is 5.91 Å². The van der Waals surface area contributed by atoms with E-state index in [2.05, 4.69) is 10.3 Å². The lowest BCUT2D eigenvalue weighted by molar-refractivity contribution is -0.116. The van der Waals surface area contributed by atoms with E-state index in [-0.39, 0.29) is 29.8 Å². The molecule has 26 heavy (non-hydrogen) atoms. The van der Waals surface area contributed by atoms with E-state index in [1.54, 1.807) is 0 Å². The zero-order valence-electron chi connectivity index (χ0n) is 13.9. The molecule has 9 heteroatoms. The minimum Gasteiger partial charge on any atom is -0.486 e. The normalized spacial score (nSPS) is 20.7. The second-order valence-electron chi connectivity index (χ2n) is 6.42. The van der Waals surface area contributed by atoms with E-state index in [4.69, 9.17) is 9.47 Å². The van der Waals surface area contributed by atoms with Gasteiger partial charge in [-0.2, -0.15) is 0 Å². The third kappa shape index (κ3) is 3.83. The average molecular weight is 394 g/mol. The highest BCUT2D eigenvalue weighted by Crippen LogP contribution is 2.35. The number of rotatable bonds is 4. The van der Waals surface area contributed by atoms with Crippen molar-refractivity contribution in [3.63, 3.8) is 0 Å². The number of nitrogens with one attached hydrogen (secondary N) is 1. The van der Waals surface area contributed by atoms with Crippen LogP contribution >= 0.6 is 11.3 Å². The van der Waals surface area contributed by atoms with Crippen LogP contribution in [0.1, 0.15) is 12.8 Å². The van der Waals surface area contributed by atoms with E-state index < -0.39 is 9.84 Å². The molecule has 3 heterocycles. The lowest BCUT2D eigenvalue weighted by Gasteiger charge is -2.18. The highest BCUT2D eigenvalue weighted by atomic mass is 32.2. The van der Waals surface area contributed by atoms with Gasteiger partial charge in [-0.05, 0) is 30.5 Å². The van der Waals surface area contributed by atoms with Crippen molar-refractivity contribution in [1.82, 2.24) is 4.98 Å². The monoisotopic (exact) mass is 394 g/mol. The Kier molecular flexibility index (Phi) is 4.58. The fourth-order valence-corrected chi connectivity index (χ4v) is 5.73. The van der Waals surface area contributed by atoms with Crippen LogP contribution in [-0.2, 0) is 14.6 Å². The minimum atomic E-state index is -2.97. The van der Waals surface area contributed by atoms with Crippen LogP contribution in [0.5, 0.6) is 11.5 Å². The maximum atomic E-state index is 12.1. The van der Waals surface area contributed by atoms with Crippen LogP contribution < -0.4 is 14.8 Å². The Morgan fingerprint density at radius 1 is 1.27 bits per heavy atom. The van der Waals surface area contributed by atoms with Crippen molar-refractivity contribution in [3.8, 4) is 22.8 Å². The van der Waals surface area contributed by atoms with E-state index in [9.17, 15) is 13.2 Å². The molecule has 1 fully saturated rings. The van der Waals surface area contributed by atoms with Crippen molar-refractivity contribution in [3.05, 3.63) is 23.6 Å². The predicted octanol–water partition coefficient (Wildman–Crippen LogP) is 2.34. The fraction of sp³-hybridized carbons (Fsp3) is 0.412. The number of aromatic nitrogens is 1. The van der Waals surface area contributed by atoms with Gasteiger partial charge >= 0.3 is 0 Å². The molecule has 7 nitrogen and oxygen atoms in total. The van der Waals surface area contributed by atoms with Gasteiger partial charge in [0.15, 0.2) is 26.5 Å². The molecule has 1 unspecified atom stereocenters. The molecule has 1 N–H and O–H groups in total. The van der Waals surface area contributed by atoms with Gasteiger partial charge in [-0.25, -0.2) is 13.4 Å². The number of amides is 1. The van der Waals surface area contributed by atoms with Crippen LogP contribution in [0.3, 0.4) is 0 Å². The second-order valence-corrected chi connectivity index (χ2v) is 9.50. The summed E-state index contributed by atoms with van der Waals surface area (Å²) in [5.41, 5.74) is 1.62. The summed E-state index contributed by atoms with van der Waals surface area (Å²) < 4.78 is 34.1. The summed E-state index contributed by atoms with van der Waals surface area (Å²) in [5, 5.41) is 5.13. The number of carbonyl (C=O) groups is 1. The Labute approximate surface area is 155 Å². The topological polar surface area (TPSA) is 94.6 Å². The zero-order chi connectivity index (χ0) is 18.1. The summed E-state index contributed by atoms with van der Waals surface area (Å²) in [6, 6.07) is 5.62. The molecule has 1 atom stereocenters. The Morgan fingerprint density at radius 3 is 2.85 bits per heavy atom. The fourth-order valence-electron chi connectivity index (χ4n) is 3.13. The van der Waals surface area contributed by atoms with Gasteiger partial charge in [-0.3, -0.25) is 4.79 Å². The number of thiazole rings is 1. The molecule has 2 aromatic rings. The van der Waals surface area contributed by atoms with Gasteiger partial charge in [0, 0.05) is 17.4 Å². The molecule has 0 radical (unpaired) electrons. The molecule has 2 aliphatic heterocycles. The number of hydrogen-bond donors (Lipinski definition) is 1. The summed E-state index contributed by atoms with van der Waals surface area (Å²) in [4.78, 5) is 16.6. The van der Waals surface area contributed by atoms with Crippen molar-refractivity contribution in [2.75, 3.05) is 30.0 Å². The first kappa shape index (κ1) is 17.3. The zero-order valence-corrected chi connectivity index (χ0v) is 15.6. The number of hydrogen-bond acceptors (Lipinski definition) is 7. The molecule has 1 aromatic carbocycles. The van der Waals surface area contributed by atoms with Crippen molar-refractivity contribution < 1.29 is 22.7 Å². The minimum absolute atomic E-state index is 0.0980. The highest BCUT2D eigenvalue weighted by molar-refractivity contribution is 7.91. The number of carbonyl (C=O) groups excluding carboxylic acids is 1. The summed E-state index contributed by atoms with van der Waals surface area (Å²) in [7, 11) is -2.97. The van der Waals surface area contributed by atoms with Crippen molar-refractivity contribution in [2.24, 2.45) is 5.92 Å². The van der Waals surface area contributed by atoms with Crippen LogP contribution in [-0.4, -0.2) is 44.0 Å². The largest absolute Gasteiger partial charge is 0.486 e. The quantitative estimate of drug-likeness (QED) is 0.855. The first-order valence-corrected chi connectivity index (χ1v) is 11.0. The average Bonchev–Trinajstić information content (AvgIpc) is 3.20. The molecule has 2 aliphatic rings. The number of fused-ring (bicyclic) bond motifs is 1. The molecular formula is C17H18N2O5S2. The molecular weight excluding hydrogens is 376 g/mol. The molecule has 4 rings (SSSR count). The third-order valence-electron chi connectivity index (χ3n) is 4.39. The number of benzene rings is 1. The molecule has 0 spiro atoms. The first-order valence-electron chi connectivity index (χ1n) is 8.34. The highest BCUT2D eigenvalue weighted by Gasteiger charge is 2.29. The number of ether oxygens (including phenoxy) is 2. The molecule has 0 aliphatic carbocycles. The predicted molar refractivity (Wildman–Crippen MR) is 98.5 cm³/mol. The smallest absolute Gasteiger partial charge is 0.226 e. The molecule has 0 saturated carbocycles. The van der Waals surface area contributed by atoms with Gasteiger partial charge in [-0.15, -0.1) is 11.3 Å². The van der Waals surface area contributed by atoms with E-state index in [0.717, 1.165) is 17.0 Å². The second kappa shape index (κ2) is 6.88. The van der Waals surface area contributed by atoms with E-state index in [1.807, 2.05) is 23.6 Å². The molecule has 1 aromatic heterocycles. The van der Waals surface area contributed by atoms with Crippen molar-refractivity contribution in [2.45, 2.75) is 12.8 Å². The van der Waals surface area contributed by atoms with Crippen LogP contribution in [0.4, 0.5) is 5.13 Å². The maximum Gasteiger partial charge on any atom is 0.226 e. The lowest BCUT2D eigenvalue weighted by atomic mass is 10.1. The lowest BCUT2D eigenvalue weighted by Crippen LogP contribution is -2.17. The summed E-state index contributed by atoms with van der Waals surface area (Å²) in [5.74, 6) is 1.38. The molecule has 1 saturated heterocycles. The Hall–Kier alpha value is -2.13. The van der Waals surface area contributed by atoms with Gasteiger partial charge in [0.1, 0.15) is 13.2 Å². The summed E-state index contributed by atoms with van der Waals surface area (Å²) >= 11 is 1.33. The van der Waals surface area contributed by atoms with E-state index in [1.165, 1.54) is 11.3 Å². The van der Waals surface area contributed by atoms with Gasteiger partial charge in [0.25, 0.3) is 0 Å². The van der Waals surface area contributed by atoms with Crippen LogP contribution in [0.15, 0.2) is 23.6 Å². The van der Waals surface area contributed by atoms with Crippen LogP contribution in [0.25, 0.3) is 11.3 Å². The van der Waals surface area contributed by atoms with Gasteiger partial charge < -0.3 is 14.8 Å². The SMILES string of the molecule is O=C(CC1CCS(=O)(=O)C1)Nc1nc(-c2ccc3c(c2)OCCO3)cs1. The Bertz CT molecular complexity index is 938. The Morgan fingerprint density at radius 2 is 2.08 bits per heavy atom. The molecule has 0 bridgehead atoms. The van der Waals surface area contributed by atoms with Crippen molar-refractivity contribution in [1.29, 1.82) is 0 Å². The van der Waals surface area contributed by atoms with Crippen LogP contribution in [0, 0.1) is 5.92 Å². The number of nitrogens with zero attached hydrogens (tertiary/aromatic N) is 1. The van der Waals surface area contributed by atoms with Gasteiger partial charge in [-0.1, -0.05) is 0 Å². The van der Waals surface area contributed by atoms with Crippen molar-refractivity contribution >= 4 is 32.2 Å². The molecule has 138 valence electrons. The standard InChI is InChI=1S/C17H18N2O5S2/c20-16(7-11-3-6-26(21,22)10-11)19-17-18-13(9-25-17)12-1-2-14-15(8-12)24-5-4-23-14/h1-2,8-9,11H,3-7,10H2,(H,18,19,20). The number of anilines is 1. The summed E-state index contributed by atoms with van der Waals surface area (Å²) in [6.45, 7) is 1.06. The van der Waals surface area contributed by atoms with Gasteiger partial charge in [0.05, 0.1) is 17.2 Å². The van der Waals surface area contributed by atoms with Crippen LogP contribution in [0.2, 0.25) is 0 Å². The number of sulfone groups is 1. The maximum absolute atomic E-state index is 12.1.